The molecule has 1 aromatic carbocycles. The van der Waals surface area contributed by atoms with Crippen LogP contribution in [0, 0.1) is 17.5 Å². The number of anilines is 1. The Labute approximate surface area is 147 Å². The van der Waals surface area contributed by atoms with Crippen LogP contribution in [0.3, 0.4) is 0 Å². The van der Waals surface area contributed by atoms with Crippen molar-refractivity contribution in [2.45, 2.75) is 19.3 Å². The van der Waals surface area contributed by atoms with E-state index in [1.54, 1.807) is 4.90 Å². The number of likely N-dealkylation sites (tertiary alicyclic amines) is 1. The normalized spacial score (nSPS) is 14.2. The average Bonchev–Trinajstić information content (AvgIpc) is 2.68. The van der Waals surface area contributed by atoms with E-state index in [2.05, 4.69) is 10.3 Å². The van der Waals surface area contributed by atoms with E-state index in [1.165, 1.54) is 18.3 Å². The number of nitrogens with zero attached hydrogens (tertiary/aromatic N) is 2. The van der Waals surface area contributed by atoms with Crippen LogP contribution in [0.15, 0.2) is 30.5 Å². The molecule has 0 atom stereocenters. The SMILES string of the molecule is O=C(Nc1ccc(F)c(F)c1F)c1cc(C(=O)N2CCCCC2)ccn1. The summed E-state index contributed by atoms with van der Waals surface area (Å²) < 4.78 is 39.9. The second-order valence-corrected chi connectivity index (χ2v) is 5.96. The van der Waals surface area contributed by atoms with Gasteiger partial charge in [0.2, 0.25) is 0 Å². The van der Waals surface area contributed by atoms with E-state index in [-0.39, 0.29) is 17.2 Å². The number of aromatic nitrogens is 1. The van der Waals surface area contributed by atoms with E-state index in [4.69, 9.17) is 0 Å². The van der Waals surface area contributed by atoms with Crippen LogP contribution < -0.4 is 5.32 Å². The van der Waals surface area contributed by atoms with Gasteiger partial charge in [0.15, 0.2) is 17.5 Å². The zero-order valence-electron chi connectivity index (χ0n) is 13.8. The number of piperidine rings is 1. The van der Waals surface area contributed by atoms with Gasteiger partial charge in [-0.2, -0.15) is 0 Å². The lowest BCUT2D eigenvalue weighted by Crippen LogP contribution is -2.35. The van der Waals surface area contributed by atoms with Gasteiger partial charge in [0.25, 0.3) is 11.8 Å². The van der Waals surface area contributed by atoms with Gasteiger partial charge >= 0.3 is 0 Å². The van der Waals surface area contributed by atoms with Crippen LogP contribution >= 0.6 is 0 Å². The molecule has 26 heavy (non-hydrogen) atoms. The first kappa shape index (κ1) is 17.9. The van der Waals surface area contributed by atoms with Gasteiger partial charge in [0.05, 0.1) is 5.69 Å². The lowest BCUT2D eigenvalue weighted by atomic mass is 10.1. The zero-order valence-corrected chi connectivity index (χ0v) is 13.8. The van der Waals surface area contributed by atoms with E-state index >= 15 is 0 Å². The van der Waals surface area contributed by atoms with Gasteiger partial charge in [0.1, 0.15) is 5.69 Å². The van der Waals surface area contributed by atoms with Gasteiger partial charge < -0.3 is 10.2 Å². The second-order valence-electron chi connectivity index (χ2n) is 5.96. The largest absolute Gasteiger partial charge is 0.339 e. The zero-order chi connectivity index (χ0) is 18.7. The monoisotopic (exact) mass is 363 g/mol. The molecule has 0 aliphatic carbocycles. The minimum Gasteiger partial charge on any atom is -0.339 e. The van der Waals surface area contributed by atoms with Crippen molar-refractivity contribution in [3.05, 3.63) is 59.2 Å². The van der Waals surface area contributed by atoms with E-state index in [1.807, 2.05) is 0 Å². The number of nitrogens with one attached hydrogen (secondary N) is 1. The molecule has 0 bridgehead atoms. The van der Waals surface area contributed by atoms with Crippen LogP contribution in [0.4, 0.5) is 18.9 Å². The van der Waals surface area contributed by atoms with E-state index in [0.29, 0.717) is 19.2 Å². The predicted octanol–water partition coefficient (Wildman–Crippen LogP) is 3.38. The minimum atomic E-state index is -1.68. The highest BCUT2D eigenvalue weighted by atomic mass is 19.2. The fourth-order valence-electron chi connectivity index (χ4n) is 2.78. The highest BCUT2D eigenvalue weighted by Gasteiger charge is 2.21. The van der Waals surface area contributed by atoms with Gasteiger partial charge in [0, 0.05) is 24.8 Å². The molecule has 1 N–H and O–H groups in total. The summed E-state index contributed by atoms with van der Waals surface area (Å²) in [5.41, 5.74) is -0.349. The lowest BCUT2D eigenvalue weighted by molar-refractivity contribution is 0.0724. The van der Waals surface area contributed by atoms with Crippen LogP contribution in [0.25, 0.3) is 0 Å². The van der Waals surface area contributed by atoms with Gasteiger partial charge in [-0.05, 0) is 43.5 Å². The summed E-state index contributed by atoms with van der Waals surface area (Å²) in [5, 5.41) is 2.13. The molecule has 1 fully saturated rings. The first-order valence-electron chi connectivity index (χ1n) is 8.17. The number of pyridine rings is 1. The topological polar surface area (TPSA) is 62.3 Å². The predicted molar refractivity (Wildman–Crippen MR) is 88.3 cm³/mol. The maximum absolute atomic E-state index is 13.7. The molecular formula is C18H16F3N3O2. The Hall–Kier alpha value is -2.90. The van der Waals surface area contributed by atoms with Crippen molar-refractivity contribution in [3.8, 4) is 0 Å². The van der Waals surface area contributed by atoms with Crippen molar-refractivity contribution in [1.29, 1.82) is 0 Å². The van der Waals surface area contributed by atoms with Crippen molar-refractivity contribution >= 4 is 17.5 Å². The minimum absolute atomic E-state index is 0.128. The smallest absolute Gasteiger partial charge is 0.274 e. The summed E-state index contributed by atoms with van der Waals surface area (Å²) in [6, 6.07) is 4.40. The summed E-state index contributed by atoms with van der Waals surface area (Å²) >= 11 is 0. The first-order chi connectivity index (χ1) is 12.5. The van der Waals surface area contributed by atoms with Crippen LogP contribution in [-0.2, 0) is 0 Å². The Morgan fingerprint density at radius 2 is 1.73 bits per heavy atom. The third-order valence-electron chi connectivity index (χ3n) is 4.17. The van der Waals surface area contributed by atoms with Crippen molar-refractivity contribution in [2.75, 3.05) is 18.4 Å². The Kier molecular flexibility index (Phi) is 5.20. The van der Waals surface area contributed by atoms with E-state index in [0.717, 1.165) is 25.3 Å². The quantitative estimate of drug-likeness (QED) is 0.851. The molecule has 5 nitrogen and oxygen atoms in total. The van der Waals surface area contributed by atoms with Crippen LogP contribution in [0.1, 0.15) is 40.1 Å². The number of hydrogen-bond donors (Lipinski definition) is 1. The fraction of sp³-hybridized carbons (Fsp3) is 0.278. The molecule has 1 aromatic heterocycles. The molecular weight excluding hydrogens is 347 g/mol. The molecule has 136 valence electrons. The van der Waals surface area contributed by atoms with Gasteiger partial charge in [-0.1, -0.05) is 0 Å². The maximum Gasteiger partial charge on any atom is 0.274 e. The summed E-state index contributed by atoms with van der Waals surface area (Å²) in [6.45, 7) is 1.31. The second kappa shape index (κ2) is 7.55. The molecule has 3 rings (SSSR count). The lowest BCUT2D eigenvalue weighted by Gasteiger charge is -2.26. The number of carbonyl (C=O) groups excluding carboxylic acids is 2. The summed E-state index contributed by atoms with van der Waals surface area (Å²) in [6.07, 6.45) is 4.24. The fourth-order valence-corrected chi connectivity index (χ4v) is 2.78. The van der Waals surface area contributed by atoms with Gasteiger partial charge in [-0.3, -0.25) is 14.6 Å². The Bertz CT molecular complexity index is 852. The van der Waals surface area contributed by atoms with Crippen molar-refractivity contribution < 1.29 is 22.8 Å². The highest BCUT2D eigenvalue weighted by Crippen LogP contribution is 2.20. The Balaban J connectivity index is 1.78. The number of benzene rings is 1. The highest BCUT2D eigenvalue weighted by molar-refractivity contribution is 6.04. The molecule has 0 saturated carbocycles. The Morgan fingerprint density at radius 1 is 1.00 bits per heavy atom. The molecule has 8 heteroatoms. The van der Waals surface area contributed by atoms with E-state index < -0.39 is 29.0 Å². The molecule has 2 amide bonds. The molecule has 2 aromatic rings. The van der Waals surface area contributed by atoms with Crippen molar-refractivity contribution in [1.82, 2.24) is 9.88 Å². The summed E-state index contributed by atoms with van der Waals surface area (Å²) in [5.74, 6) is -5.57. The molecule has 2 heterocycles. The average molecular weight is 363 g/mol. The Morgan fingerprint density at radius 3 is 2.46 bits per heavy atom. The standard InChI is InChI=1S/C18H16F3N3O2/c19-12-4-5-13(16(21)15(12)20)23-17(25)14-10-11(6-7-22-14)18(26)24-8-2-1-3-9-24/h4-7,10H,1-3,8-9H2,(H,23,25). The number of halogens is 3. The van der Waals surface area contributed by atoms with Crippen molar-refractivity contribution in [3.63, 3.8) is 0 Å². The molecule has 0 spiro atoms. The van der Waals surface area contributed by atoms with Gasteiger partial charge in [-0.25, -0.2) is 13.2 Å². The maximum atomic E-state index is 13.7. The van der Waals surface area contributed by atoms with Crippen LogP contribution in [0.2, 0.25) is 0 Å². The third-order valence-corrected chi connectivity index (χ3v) is 4.17. The van der Waals surface area contributed by atoms with Crippen LogP contribution in [-0.4, -0.2) is 34.8 Å². The third kappa shape index (κ3) is 3.68. The van der Waals surface area contributed by atoms with Crippen LogP contribution in [0.5, 0.6) is 0 Å². The first-order valence-corrected chi connectivity index (χ1v) is 8.17. The number of hydrogen-bond acceptors (Lipinski definition) is 3. The molecule has 1 saturated heterocycles. The van der Waals surface area contributed by atoms with Gasteiger partial charge in [-0.15, -0.1) is 0 Å². The molecule has 1 aliphatic heterocycles. The molecule has 0 radical (unpaired) electrons. The van der Waals surface area contributed by atoms with Crippen molar-refractivity contribution in [2.24, 2.45) is 0 Å². The molecule has 1 aliphatic rings. The number of rotatable bonds is 3. The number of carbonyl (C=O) groups is 2. The number of amides is 2. The van der Waals surface area contributed by atoms with E-state index in [9.17, 15) is 22.8 Å². The summed E-state index contributed by atoms with van der Waals surface area (Å²) in [4.78, 5) is 30.3. The molecule has 0 unspecified atom stereocenters. The summed E-state index contributed by atoms with van der Waals surface area (Å²) in [7, 11) is 0.